The number of halogens is 1. The van der Waals surface area contributed by atoms with Crippen LogP contribution in [0.5, 0.6) is 11.5 Å². The summed E-state index contributed by atoms with van der Waals surface area (Å²) in [4.78, 5) is 18.8. The number of carbonyl (C=O) groups is 1. The predicted octanol–water partition coefficient (Wildman–Crippen LogP) is 5.36. The Bertz CT molecular complexity index is 1300. The molecule has 1 aliphatic rings. The number of aliphatic carboxylic acids is 1. The number of hydrogen-bond acceptors (Lipinski definition) is 5. The molecule has 1 N–H and O–H groups in total. The number of aromatic nitrogens is 2. The quantitative estimate of drug-likeness (QED) is 0.400. The number of rotatable bonds is 7. The summed E-state index contributed by atoms with van der Waals surface area (Å²) in [7, 11) is 0. The highest BCUT2D eigenvalue weighted by atomic mass is 32.1. The number of aryl methyl sites for hydroxylation is 1. The maximum absolute atomic E-state index is 14.7. The second-order valence-electron chi connectivity index (χ2n) is 8.16. The van der Waals surface area contributed by atoms with Crippen molar-refractivity contribution >= 4 is 17.3 Å². The molecule has 1 aliphatic heterocycles. The van der Waals surface area contributed by atoms with Gasteiger partial charge in [0.05, 0.1) is 11.6 Å². The largest absolute Gasteiger partial charge is 0.481 e. The number of benzene rings is 2. The standard InChI is InChI=1S/C25H22FN3O3S/c1-16-9-20(13-28-11-18(12-28)25(30)31)33-24(16)29-14-22(27-15-29)17-7-8-23(21(26)10-17)32-19-5-3-2-4-6-19/h2-10,14-15,18H,11-13H2,1H3,(H,30,31). The molecule has 5 rings (SSSR count). The summed E-state index contributed by atoms with van der Waals surface area (Å²) in [6.45, 7) is 3.96. The van der Waals surface area contributed by atoms with Crippen LogP contribution in [-0.2, 0) is 11.3 Å². The van der Waals surface area contributed by atoms with Gasteiger partial charge in [-0.3, -0.25) is 14.3 Å². The monoisotopic (exact) mass is 463 g/mol. The maximum Gasteiger partial charge on any atom is 0.309 e. The summed E-state index contributed by atoms with van der Waals surface area (Å²) in [5.41, 5.74) is 2.45. The number of imidazole rings is 1. The van der Waals surface area contributed by atoms with E-state index in [9.17, 15) is 9.18 Å². The Morgan fingerprint density at radius 1 is 1.21 bits per heavy atom. The zero-order valence-electron chi connectivity index (χ0n) is 17.9. The van der Waals surface area contributed by atoms with E-state index in [4.69, 9.17) is 9.84 Å². The van der Waals surface area contributed by atoms with Crippen LogP contribution in [0.1, 0.15) is 10.4 Å². The Labute approximate surface area is 194 Å². The third kappa shape index (κ3) is 4.53. The lowest BCUT2D eigenvalue weighted by Crippen LogP contribution is -2.49. The lowest BCUT2D eigenvalue weighted by molar-refractivity contribution is -0.147. The lowest BCUT2D eigenvalue weighted by Gasteiger charge is -2.36. The molecular weight excluding hydrogens is 441 g/mol. The van der Waals surface area contributed by atoms with Crippen LogP contribution in [0.2, 0.25) is 0 Å². The first-order chi connectivity index (χ1) is 16.0. The number of likely N-dealkylation sites (tertiary alicyclic amines) is 1. The van der Waals surface area contributed by atoms with Crippen LogP contribution in [-0.4, -0.2) is 38.6 Å². The number of hydrogen-bond donors (Lipinski definition) is 1. The number of para-hydroxylation sites is 1. The van der Waals surface area contributed by atoms with Crippen molar-refractivity contribution in [1.82, 2.24) is 14.5 Å². The van der Waals surface area contributed by atoms with E-state index in [0.29, 0.717) is 30.1 Å². The summed E-state index contributed by atoms with van der Waals surface area (Å²) < 4.78 is 22.2. The van der Waals surface area contributed by atoms with Crippen molar-refractivity contribution in [3.63, 3.8) is 0 Å². The molecule has 0 saturated carbocycles. The molecule has 6 nitrogen and oxygen atoms in total. The molecule has 0 unspecified atom stereocenters. The van der Waals surface area contributed by atoms with Crippen LogP contribution in [0.4, 0.5) is 4.39 Å². The average molecular weight is 464 g/mol. The molecule has 2 aromatic carbocycles. The van der Waals surface area contributed by atoms with Gasteiger partial charge in [0, 0.05) is 36.3 Å². The highest BCUT2D eigenvalue weighted by Crippen LogP contribution is 2.32. The fraction of sp³-hybridized carbons (Fsp3) is 0.200. The molecule has 0 radical (unpaired) electrons. The Kier molecular flexibility index (Phi) is 5.70. The smallest absolute Gasteiger partial charge is 0.309 e. The SMILES string of the molecule is Cc1cc(CN2CC(C(=O)O)C2)sc1-n1cnc(-c2ccc(Oc3ccccc3)c(F)c2)c1. The van der Waals surface area contributed by atoms with E-state index >= 15 is 0 Å². The topological polar surface area (TPSA) is 67.6 Å². The minimum absolute atomic E-state index is 0.166. The normalized spacial score (nSPS) is 14.2. The van der Waals surface area contributed by atoms with Gasteiger partial charge in [0.15, 0.2) is 11.6 Å². The van der Waals surface area contributed by atoms with Crippen molar-refractivity contribution in [1.29, 1.82) is 0 Å². The molecule has 4 aromatic rings. The Morgan fingerprint density at radius 2 is 2.00 bits per heavy atom. The first-order valence-electron chi connectivity index (χ1n) is 10.6. The van der Waals surface area contributed by atoms with Crippen LogP contribution in [0, 0.1) is 18.7 Å². The highest BCUT2D eigenvalue weighted by Gasteiger charge is 2.32. The third-order valence-corrected chi connectivity index (χ3v) is 6.88. The molecule has 0 bridgehead atoms. The predicted molar refractivity (Wildman–Crippen MR) is 124 cm³/mol. The molecule has 168 valence electrons. The highest BCUT2D eigenvalue weighted by molar-refractivity contribution is 7.14. The van der Waals surface area contributed by atoms with Crippen LogP contribution >= 0.6 is 11.3 Å². The van der Waals surface area contributed by atoms with Gasteiger partial charge in [-0.1, -0.05) is 18.2 Å². The van der Waals surface area contributed by atoms with Crippen molar-refractivity contribution in [2.75, 3.05) is 13.1 Å². The summed E-state index contributed by atoms with van der Waals surface area (Å²) in [5, 5.41) is 10.1. The van der Waals surface area contributed by atoms with Gasteiger partial charge in [-0.2, -0.15) is 0 Å². The number of nitrogens with zero attached hydrogens (tertiary/aromatic N) is 3. The van der Waals surface area contributed by atoms with Crippen LogP contribution in [0.15, 0.2) is 67.1 Å². The third-order valence-electron chi connectivity index (χ3n) is 5.64. The number of ether oxygens (including phenoxy) is 1. The van der Waals surface area contributed by atoms with E-state index in [-0.39, 0.29) is 11.7 Å². The van der Waals surface area contributed by atoms with Gasteiger partial charge in [-0.05, 0) is 48.9 Å². The minimum atomic E-state index is -0.726. The van der Waals surface area contributed by atoms with Gasteiger partial charge in [-0.25, -0.2) is 9.37 Å². The van der Waals surface area contributed by atoms with E-state index in [0.717, 1.165) is 17.1 Å². The average Bonchev–Trinajstić information content (AvgIpc) is 3.39. The molecule has 0 aliphatic carbocycles. The summed E-state index contributed by atoms with van der Waals surface area (Å²) in [6.07, 6.45) is 3.62. The Morgan fingerprint density at radius 3 is 2.73 bits per heavy atom. The molecule has 1 fully saturated rings. The summed E-state index contributed by atoms with van der Waals surface area (Å²) >= 11 is 1.65. The lowest BCUT2D eigenvalue weighted by atomic mass is 10.0. The van der Waals surface area contributed by atoms with Crippen molar-refractivity contribution in [2.24, 2.45) is 5.92 Å². The molecular formula is C25H22FN3O3S. The van der Waals surface area contributed by atoms with Crippen LogP contribution in [0.25, 0.3) is 16.3 Å². The number of thiophene rings is 1. The molecule has 0 amide bonds. The van der Waals surface area contributed by atoms with Gasteiger partial charge in [0.2, 0.25) is 0 Å². The van der Waals surface area contributed by atoms with Crippen molar-refractivity contribution in [2.45, 2.75) is 13.5 Å². The maximum atomic E-state index is 14.7. The Hall–Kier alpha value is -3.49. The second-order valence-corrected chi connectivity index (χ2v) is 9.27. The molecule has 1 saturated heterocycles. The zero-order valence-corrected chi connectivity index (χ0v) is 18.8. The van der Waals surface area contributed by atoms with Gasteiger partial charge in [0.1, 0.15) is 17.1 Å². The zero-order chi connectivity index (χ0) is 22.9. The van der Waals surface area contributed by atoms with Gasteiger partial charge in [-0.15, -0.1) is 11.3 Å². The first kappa shape index (κ1) is 21.4. The van der Waals surface area contributed by atoms with E-state index in [1.807, 2.05) is 35.9 Å². The van der Waals surface area contributed by atoms with Gasteiger partial charge < -0.3 is 9.84 Å². The van der Waals surface area contributed by atoms with E-state index in [1.54, 1.807) is 41.9 Å². The molecule has 8 heteroatoms. The summed E-state index contributed by atoms with van der Waals surface area (Å²) in [5.74, 6) is -0.689. The molecule has 0 spiro atoms. The molecule has 3 heterocycles. The van der Waals surface area contributed by atoms with Crippen LogP contribution in [0.3, 0.4) is 0 Å². The van der Waals surface area contributed by atoms with E-state index < -0.39 is 11.8 Å². The fourth-order valence-corrected chi connectivity index (χ4v) is 5.04. The number of carboxylic acids is 1. The van der Waals surface area contributed by atoms with Crippen molar-refractivity contribution in [3.05, 3.63) is 83.4 Å². The Balaban J connectivity index is 1.30. The van der Waals surface area contributed by atoms with Crippen molar-refractivity contribution in [3.8, 4) is 27.8 Å². The van der Waals surface area contributed by atoms with Gasteiger partial charge >= 0.3 is 5.97 Å². The second kappa shape index (κ2) is 8.80. The van der Waals surface area contributed by atoms with Crippen molar-refractivity contribution < 1.29 is 19.0 Å². The summed E-state index contributed by atoms with van der Waals surface area (Å²) in [6, 6.07) is 16.1. The molecule has 33 heavy (non-hydrogen) atoms. The van der Waals surface area contributed by atoms with E-state index in [1.165, 1.54) is 10.9 Å². The fourth-order valence-electron chi connectivity index (χ4n) is 3.89. The first-order valence-corrected chi connectivity index (χ1v) is 11.4. The van der Waals surface area contributed by atoms with Gasteiger partial charge in [0.25, 0.3) is 0 Å². The number of carboxylic acid groups (broad SMARTS) is 1. The molecule has 2 aromatic heterocycles. The minimum Gasteiger partial charge on any atom is -0.481 e. The molecule has 0 atom stereocenters. The van der Waals surface area contributed by atoms with Crippen LogP contribution < -0.4 is 4.74 Å². The van der Waals surface area contributed by atoms with E-state index in [2.05, 4.69) is 16.0 Å².